The summed E-state index contributed by atoms with van der Waals surface area (Å²) in [6.45, 7) is 0.389. The Morgan fingerprint density at radius 2 is 2.13 bits per heavy atom. The number of nitriles is 1. The summed E-state index contributed by atoms with van der Waals surface area (Å²) < 4.78 is 0. The maximum absolute atomic E-state index is 12.2. The van der Waals surface area contributed by atoms with Crippen molar-refractivity contribution < 1.29 is 4.79 Å². The molecule has 2 heterocycles. The van der Waals surface area contributed by atoms with Crippen LogP contribution in [0.3, 0.4) is 0 Å². The first-order valence-electron chi connectivity index (χ1n) is 7.01. The Kier molecular flexibility index (Phi) is 4.46. The average molecular weight is 319 g/mol. The second kappa shape index (κ2) is 6.86. The molecule has 3 aromatic rings. The van der Waals surface area contributed by atoms with Gasteiger partial charge in [0.1, 0.15) is 0 Å². The maximum Gasteiger partial charge on any atom is 0.251 e. The van der Waals surface area contributed by atoms with Crippen LogP contribution in [0, 0.1) is 11.3 Å². The fraction of sp³-hybridized carbons (Fsp3) is 0.0556. The van der Waals surface area contributed by atoms with E-state index in [4.69, 9.17) is 5.26 Å². The number of thiophene rings is 1. The molecular weight excluding hydrogens is 306 g/mol. The molecule has 3 rings (SSSR count). The standard InChI is InChI=1S/C18H13N3OS/c19-8-13-2-1-3-15(6-13)18(22)21-10-14-7-17(11-20-9-14)16-4-5-23-12-16/h1-7,9,11-12H,10H2,(H,21,22). The molecule has 1 N–H and O–H groups in total. The van der Waals surface area contributed by atoms with Crippen LogP contribution in [0.4, 0.5) is 0 Å². The number of carbonyl (C=O) groups excluding carboxylic acids is 1. The van der Waals surface area contributed by atoms with E-state index in [2.05, 4.69) is 15.7 Å². The van der Waals surface area contributed by atoms with Crippen molar-refractivity contribution in [1.29, 1.82) is 5.26 Å². The van der Waals surface area contributed by atoms with Crippen LogP contribution in [-0.2, 0) is 6.54 Å². The zero-order valence-corrected chi connectivity index (χ0v) is 13.0. The van der Waals surface area contributed by atoms with Gasteiger partial charge < -0.3 is 5.32 Å². The van der Waals surface area contributed by atoms with Gasteiger partial charge in [-0.1, -0.05) is 6.07 Å². The molecule has 4 nitrogen and oxygen atoms in total. The lowest BCUT2D eigenvalue weighted by Crippen LogP contribution is -2.22. The fourth-order valence-corrected chi connectivity index (χ4v) is 2.85. The first kappa shape index (κ1) is 14.9. The Balaban J connectivity index is 1.70. The van der Waals surface area contributed by atoms with E-state index in [-0.39, 0.29) is 5.91 Å². The zero-order chi connectivity index (χ0) is 16.1. The highest BCUT2D eigenvalue weighted by molar-refractivity contribution is 7.08. The molecule has 1 aromatic carbocycles. The molecule has 0 atom stereocenters. The number of aromatic nitrogens is 1. The number of hydrogen-bond donors (Lipinski definition) is 1. The van der Waals surface area contributed by atoms with Gasteiger partial charge in [0.15, 0.2) is 0 Å². The smallest absolute Gasteiger partial charge is 0.251 e. The molecule has 0 aliphatic carbocycles. The lowest BCUT2D eigenvalue weighted by atomic mass is 10.1. The summed E-state index contributed by atoms with van der Waals surface area (Å²) in [5, 5.41) is 15.8. The van der Waals surface area contributed by atoms with Crippen molar-refractivity contribution in [1.82, 2.24) is 10.3 Å². The largest absolute Gasteiger partial charge is 0.348 e. The van der Waals surface area contributed by atoms with Gasteiger partial charge in [0, 0.05) is 30.1 Å². The van der Waals surface area contributed by atoms with E-state index in [1.165, 1.54) is 0 Å². The Morgan fingerprint density at radius 3 is 2.91 bits per heavy atom. The van der Waals surface area contributed by atoms with Gasteiger partial charge in [-0.15, -0.1) is 0 Å². The summed E-state index contributed by atoms with van der Waals surface area (Å²) in [7, 11) is 0. The minimum atomic E-state index is -0.206. The average Bonchev–Trinajstić information content (AvgIpc) is 3.14. The summed E-state index contributed by atoms with van der Waals surface area (Å²) in [5.41, 5.74) is 4.03. The van der Waals surface area contributed by atoms with Crippen molar-refractivity contribution in [2.45, 2.75) is 6.54 Å². The Morgan fingerprint density at radius 1 is 1.22 bits per heavy atom. The highest BCUT2D eigenvalue weighted by Crippen LogP contribution is 2.21. The van der Waals surface area contributed by atoms with Crippen molar-refractivity contribution in [2.75, 3.05) is 0 Å². The first-order chi connectivity index (χ1) is 11.3. The third-order valence-electron chi connectivity index (χ3n) is 3.36. The predicted octanol–water partition coefficient (Wildman–Crippen LogP) is 3.61. The molecule has 2 aromatic heterocycles. The third kappa shape index (κ3) is 3.62. The quantitative estimate of drug-likeness (QED) is 0.799. The second-order valence-corrected chi connectivity index (χ2v) is 5.75. The Hall–Kier alpha value is -2.97. The summed E-state index contributed by atoms with van der Waals surface area (Å²) in [4.78, 5) is 16.4. The lowest BCUT2D eigenvalue weighted by molar-refractivity contribution is 0.0951. The van der Waals surface area contributed by atoms with Gasteiger partial charge in [0.05, 0.1) is 11.6 Å². The molecule has 0 bridgehead atoms. The molecule has 112 valence electrons. The molecular formula is C18H13N3OS. The number of carbonyl (C=O) groups is 1. The molecule has 0 aliphatic rings. The minimum absolute atomic E-state index is 0.206. The molecule has 0 fully saturated rings. The summed E-state index contributed by atoms with van der Waals surface area (Å²) in [6, 6.07) is 12.7. The molecule has 0 radical (unpaired) electrons. The van der Waals surface area contributed by atoms with Crippen LogP contribution in [0.2, 0.25) is 0 Å². The van der Waals surface area contributed by atoms with E-state index < -0.39 is 0 Å². The minimum Gasteiger partial charge on any atom is -0.348 e. The van der Waals surface area contributed by atoms with E-state index in [0.29, 0.717) is 17.7 Å². The first-order valence-corrected chi connectivity index (χ1v) is 7.95. The van der Waals surface area contributed by atoms with E-state index in [9.17, 15) is 4.79 Å². The van der Waals surface area contributed by atoms with Crippen LogP contribution >= 0.6 is 11.3 Å². The molecule has 0 unspecified atom stereocenters. The molecule has 1 amide bonds. The van der Waals surface area contributed by atoms with Crippen molar-refractivity contribution in [2.24, 2.45) is 0 Å². The van der Waals surface area contributed by atoms with Gasteiger partial charge in [0.25, 0.3) is 5.91 Å². The van der Waals surface area contributed by atoms with Crippen LogP contribution in [-0.4, -0.2) is 10.9 Å². The summed E-state index contributed by atoms with van der Waals surface area (Å²) >= 11 is 1.64. The van der Waals surface area contributed by atoms with Gasteiger partial charge in [-0.2, -0.15) is 16.6 Å². The number of rotatable bonds is 4. The van der Waals surface area contributed by atoms with Crippen molar-refractivity contribution in [3.8, 4) is 17.2 Å². The van der Waals surface area contributed by atoms with Gasteiger partial charge in [-0.05, 0) is 52.2 Å². The maximum atomic E-state index is 12.2. The number of benzene rings is 1. The predicted molar refractivity (Wildman–Crippen MR) is 89.9 cm³/mol. The molecule has 5 heteroatoms. The van der Waals surface area contributed by atoms with Crippen molar-refractivity contribution in [3.63, 3.8) is 0 Å². The summed E-state index contributed by atoms with van der Waals surface area (Å²) in [6.07, 6.45) is 3.55. The SMILES string of the molecule is N#Cc1cccc(C(=O)NCc2cncc(-c3ccsc3)c2)c1. The molecule has 23 heavy (non-hydrogen) atoms. The Bertz CT molecular complexity index is 866. The van der Waals surface area contributed by atoms with Crippen molar-refractivity contribution in [3.05, 3.63) is 76.2 Å². The van der Waals surface area contributed by atoms with Crippen LogP contribution in [0.25, 0.3) is 11.1 Å². The second-order valence-electron chi connectivity index (χ2n) is 4.97. The number of amides is 1. The molecule has 0 spiro atoms. The Labute approximate surface area is 138 Å². The van der Waals surface area contributed by atoms with Crippen LogP contribution in [0.15, 0.2) is 59.6 Å². The van der Waals surface area contributed by atoms with E-state index in [1.54, 1.807) is 41.8 Å². The van der Waals surface area contributed by atoms with Gasteiger partial charge in [-0.25, -0.2) is 0 Å². The highest BCUT2D eigenvalue weighted by atomic mass is 32.1. The van der Waals surface area contributed by atoms with E-state index >= 15 is 0 Å². The van der Waals surface area contributed by atoms with Gasteiger partial charge in [-0.3, -0.25) is 9.78 Å². The molecule has 0 aliphatic heterocycles. The van der Waals surface area contributed by atoms with Crippen LogP contribution in [0.5, 0.6) is 0 Å². The summed E-state index contributed by atoms with van der Waals surface area (Å²) in [5.74, 6) is -0.206. The third-order valence-corrected chi connectivity index (χ3v) is 4.04. The number of nitrogens with one attached hydrogen (secondary N) is 1. The normalized spacial score (nSPS) is 10.0. The van der Waals surface area contributed by atoms with Gasteiger partial charge >= 0.3 is 0 Å². The van der Waals surface area contributed by atoms with Crippen molar-refractivity contribution >= 4 is 17.2 Å². The molecule has 0 saturated heterocycles. The lowest BCUT2D eigenvalue weighted by Gasteiger charge is -2.07. The highest BCUT2D eigenvalue weighted by Gasteiger charge is 2.07. The van der Waals surface area contributed by atoms with E-state index in [0.717, 1.165) is 16.7 Å². The van der Waals surface area contributed by atoms with Crippen LogP contribution < -0.4 is 5.32 Å². The zero-order valence-electron chi connectivity index (χ0n) is 12.2. The topological polar surface area (TPSA) is 65.8 Å². The monoisotopic (exact) mass is 319 g/mol. The number of nitrogens with zero attached hydrogens (tertiary/aromatic N) is 2. The van der Waals surface area contributed by atoms with Crippen LogP contribution in [0.1, 0.15) is 21.5 Å². The molecule has 0 saturated carbocycles. The van der Waals surface area contributed by atoms with E-state index in [1.807, 2.05) is 29.8 Å². The fourth-order valence-electron chi connectivity index (χ4n) is 2.19. The number of hydrogen-bond acceptors (Lipinski definition) is 4. The van der Waals surface area contributed by atoms with Gasteiger partial charge in [0.2, 0.25) is 0 Å². The number of pyridine rings is 1.